The van der Waals surface area contributed by atoms with Gasteiger partial charge in [0.2, 0.25) is 0 Å². The van der Waals surface area contributed by atoms with Gasteiger partial charge in [-0.3, -0.25) is 14.4 Å². The smallest absolute Gasteiger partial charge is 0.306 e. The highest BCUT2D eigenvalue weighted by Gasteiger charge is 2.19. The van der Waals surface area contributed by atoms with Gasteiger partial charge in [0, 0.05) is 19.3 Å². The Hall–Kier alpha value is -2.63. The number of ether oxygens (including phenoxy) is 3. The van der Waals surface area contributed by atoms with Gasteiger partial charge >= 0.3 is 17.9 Å². The van der Waals surface area contributed by atoms with Crippen molar-refractivity contribution in [3.8, 4) is 0 Å². The van der Waals surface area contributed by atoms with Crippen molar-refractivity contribution >= 4 is 17.9 Å². The number of hydrogen-bond acceptors (Lipinski definition) is 6. The molecular weight excluding hydrogens is 805 g/mol. The molecular formula is C59H106O6. The number of hydrogen-bond donors (Lipinski definition) is 0. The van der Waals surface area contributed by atoms with Crippen LogP contribution in [0.15, 0.2) is 48.6 Å². The molecule has 65 heavy (non-hydrogen) atoms. The maximum absolute atomic E-state index is 12.8. The standard InChI is InChI=1S/C59H106O6/c1-4-7-10-13-16-19-22-25-27-29-31-32-34-37-40-43-46-49-52-58(61)64-55-56(54-63-57(60)51-48-45-42-39-36-24-21-18-15-12-9-6-3)65-59(62)53-50-47-44-41-38-35-33-30-28-26-23-20-17-14-11-8-5-2/h8,11,17,20,26,28,33,35,56H,4-7,9-10,12-16,18-19,21-25,27,29-32,34,36-55H2,1-3H3/b11-8-,20-17-,28-26-,35-33-. The van der Waals surface area contributed by atoms with Crippen molar-refractivity contribution in [1.29, 1.82) is 0 Å². The van der Waals surface area contributed by atoms with Crippen LogP contribution < -0.4 is 0 Å². The summed E-state index contributed by atoms with van der Waals surface area (Å²) in [6, 6.07) is 0. The van der Waals surface area contributed by atoms with Crippen molar-refractivity contribution in [2.75, 3.05) is 13.2 Å². The van der Waals surface area contributed by atoms with E-state index >= 15 is 0 Å². The second-order valence-electron chi connectivity index (χ2n) is 18.8. The zero-order valence-electron chi connectivity index (χ0n) is 43.3. The summed E-state index contributed by atoms with van der Waals surface area (Å²) in [4.78, 5) is 38.1. The summed E-state index contributed by atoms with van der Waals surface area (Å²) in [5.41, 5.74) is 0. The predicted molar refractivity (Wildman–Crippen MR) is 279 cm³/mol. The molecule has 6 heteroatoms. The van der Waals surface area contributed by atoms with Gasteiger partial charge < -0.3 is 14.2 Å². The van der Waals surface area contributed by atoms with Gasteiger partial charge in [0.15, 0.2) is 6.10 Å². The highest BCUT2D eigenvalue weighted by Crippen LogP contribution is 2.16. The SMILES string of the molecule is CC/C=C\C/C=C\C/C=C\C/C=C\CCCCCCC(=O)OC(COC(=O)CCCCCCCCCCCCCC)COC(=O)CCCCCCCCCCCCCCCCCCCC. The molecule has 378 valence electrons. The van der Waals surface area contributed by atoms with Crippen molar-refractivity contribution in [3.05, 3.63) is 48.6 Å². The molecule has 0 aliphatic carbocycles. The fraction of sp³-hybridized carbons (Fsp3) is 0.814. The van der Waals surface area contributed by atoms with Gasteiger partial charge in [0.05, 0.1) is 0 Å². The summed E-state index contributed by atoms with van der Waals surface area (Å²) in [5.74, 6) is -0.888. The molecule has 0 spiro atoms. The maximum atomic E-state index is 12.8. The Kier molecular flexibility index (Phi) is 51.8. The molecule has 0 bridgehead atoms. The Labute approximate surface area is 403 Å². The van der Waals surface area contributed by atoms with Gasteiger partial charge in [-0.15, -0.1) is 0 Å². The van der Waals surface area contributed by atoms with Gasteiger partial charge in [-0.2, -0.15) is 0 Å². The van der Waals surface area contributed by atoms with Gasteiger partial charge in [-0.1, -0.05) is 262 Å². The Bertz CT molecular complexity index is 1140. The minimum Gasteiger partial charge on any atom is -0.462 e. The van der Waals surface area contributed by atoms with Crippen LogP contribution in [0.1, 0.15) is 290 Å². The van der Waals surface area contributed by atoms with Crippen LogP contribution in [0.4, 0.5) is 0 Å². The summed E-state index contributed by atoms with van der Waals surface area (Å²) >= 11 is 0. The first-order valence-corrected chi connectivity index (χ1v) is 28.1. The van der Waals surface area contributed by atoms with E-state index in [4.69, 9.17) is 14.2 Å². The van der Waals surface area contributed by atoms with Crippen LogP contribution in [0.25, 0.3) is 0 Å². The van der Waals surface area contributed by atoms with E-state index in [-0.39, 0.29) is 31.1 Å². The minimum absolute atomic E-state index is 0.0790. The first-order chi connectivity index (χ1) is 32.0. The lowest BCUT2D eigenvalue weighted by molar-refractivity contribution is -0.167. The predicted octanol–water partition coefficient (Wildman–Crippen LogP) is 18.7. The Morgan fingerprint density at radius 2 is 0.600 bits per heavy atom. The fourth-order valence-electron chi connectivity index (χ4n) is 8.14. The largest absolute Gasteiger partial charge is 0.462 e. The van der Waals surface area contributed by atoms with Gasteiger partial charge in [-0.05, 0) is 57.8 Å². The lowest BCUT2D eigenvalue weighted by atomic mass is 10.0. The van der Waals surface area contributed by atoms with Crippen molar-refractivity contribution in [2.45, 2.75) is 297 Å². The molecule has 1 unspecified atom stereocenters. The number of carbonyl (C=O) groups is 3. The summed E-state index contributed by atoms with van der Waals surface area (Å²) in [6.07, 6.45) is 65.3. The van der Waals surface area contributed by atoms with Crippen molar-refractivity contribution < 1.29 is 28.6 Å². The van der Waals surface area contributed by atoms with E-state index in [9.17, 15) is 14.4 Å². The molecule has 0 aromatic rings. The summed E-state index contributed by atoms with van der Waals surface area (Å²) in [6.45, 7) is 6.54. The third kappa shape index (κ3) is 52.2. The first kappa shape index (κ1) is 62.4. The third-order valence-electron chi connectivity index (χ3n) is 12.3. The average Bonchev–Trinajstić information content (AvgIpc) is 3.30. The highest BCUT2D eigenvalue weighted by atomic mass is 16.6. The molecule has 0 fully saturated rings. The normalized spacial score (nSPS) is 12.4. The molecule has 0 saturated carbocycles. The number of esters is 3. The summed E-state index contributed by atoms with van der Waals surface area (Å²) in [7, 11) is 0. The molecule has 0 aliphatic rings. The number of carbonyl (C=O) groups excluding carboxylic acids is 3. The Morgan fingerprint density at radius 1 is 0.323 bits per heavy atom. The van der Waals surface area contributed by atoms with Crippen LogP contribution in [0, 0.1) is 0 Å². The van der Waals surface area contributed by atoms with E-state index in [1.807, 2.05) is 0 Å². The van der Waals surface area contributed by atoms with Gasteiger partial charge in [0.25, 0.3) is 0 Å². The zero-order chi connectivity index (χ0) is 47.2. The highest BCUT2D eigenvalue weighted by molar-refractivity contribution is 5.71. The van der Waals surface area contributed by atoms with E-state index in [1.54, 1.807) is 0 Å². The van der Waals surface area contributed by atoms with E-state index in [0.717, 1.165) is 96.3 Å². The molecule has 0 aromatic carbocycles. The molecule has 6 nitrogen and oxygen atoms in total. The number of rotatable bonds is 51. The topological polar surface area (TPSA) is 78.9 Å². The van der Waals surface area contributed by atoms with Crippen molar-refractivity contribution in [1.82, 2.24) is 0 Å². The molecule has 0 saturated heterocycles. The molecule has 0 aliphatic heterocycles. The van der Waals surface area contributed by atoms with Crippen molar-refractivity contribution in [2.24, 2.45) is 0 Å². The quantitative estimate of drug-likeness (QED) is 0.0262. The Morgan fingerprint density at radius 3 is 0.938 bits per heavy atom. The molecule has 0 N–H and O–H groups in total. The molecule has 0 aromatic heterocycles. The second-order valence-corrected chi connectivity index (χ2v) is 18.8. The third-order valence-corrected chi connectivity index (χ3v) is 12.3. The molecule has 1 atom stereocenters. The van der Waals surface area contributed by atoms with Crippen LogP contribution in [0.5, 0.6) is 0 Å². The number of allylic oxidation sites excluding steroid dienone is 8. The van der Waals surface area contributed by atoms with Crippen LogP contribution in [0.3, 0.4) is 0 Å². The summed E-state index contributed by atoms with van der Waals surface area (Å²) < 4.78 is 16.8. The van der Waals surface area contributed by atoms with Gasteiger partial charge in [-0.25, -0.2) is 0 Å². The molecule has 0 heterocycles. The molecule has 0 rings (SSSR count). The van der Waals surface area contributed by atoms with E-state index in [1.165, 1.54) is 154 Å². The molecule has 0 radical (unpaired) electrons. The lowest BCUT2D eigenvalue weighted by Crippen LogP contribution is -2.30. The number of unbranched alkanes of at least 4 members (excludes halogenated alkanes) is 32. The average molecular weight is 911 g/mol. The first-order valence-electron chi connectivity index (χ1n) is 28.1. The summed E-state index contributed by atoms with van der Waals surface area (Å²) in [5, 5.41) is 0. The van der Waals surface area contributed by atoms with Crippen LogP contribution in [-0.4, -0.2) is 37.2 Å². The minimum atomic E-state index is -0.782. The zero-order valence-corrected chi connectivity index (χ0v) is 43.3. The lowest BCUT2D eigenvalue weighted by Gasteiger charge is -2.18. The molecule has 0 amide bonds. The van der Waals surface area contributed by atoms with Crippen molar-refractivity contribution in [3.63, 3.8) is 0 Å². The fourth-order valence-corrected chi connectivity index (χ4v) is 8.14. The van der Waals surface area contributed by atoms with Gasteiger partial charge in [0.1, 0.15) is 13.2 Å². The second kappa shape index (κ2) is 54.0. The van der Waals surface area contributed by atoms with Crippen LogP contribution in [-0.2, 0) is 28.6 Å². The van der Waals surface area contributed by atoms with E-state index < -0.39 is 6.10 Å². The Balaban J connectivity index is 4.36. The van der Waals surface area contributed by atoms with E-state index in [0.29, 0.717) is 19.3 Å². The maximum Gasteiger partial charge on any atom is 0.306 e. The van der Waals surface area contributed by atoms with Crippen LogP contribution >= 0.6 is 0 Å². The van der Waals surface area contributed by atoms with Crippen LogP contribution in [0.2, 0.25) is 0 Å². The van der Waals surface area contributed by atoms with E-state index in [2.05, 4.69) is 69.4 Å². The monoisotopic (exact) mass is 911 g/mol.